The molecule has 2 rings (SSSR count). The summed E-state index contributed by atoms with van der Waals surface area (Å²) >= 11 is 16.2. The fourth-order valence-electron chi connectivity index (χ4n) is 1.81. The molecule has 0 amide bonds. The molecule has 0 bridgehead atoms. The minimum Gasteiger partial charge on any atom is -0.494 e. The fourth-order valence-corrected chi connectivity index (χ4v) is 4.38. The molecule has 0 saturated carbocycles. The topological polar surface area (TPSA) is 21.3 Å². The third-order valence-corrected chi connectivity index (χ3v) is 4.84. The molecule has 1 N–H and O–H groups in total. The number of halogens is 5. The predicted octanol–water partition coefficient (Wildman–Crippen LogP) is 6.39. The van der Waals surface area contributed by atoms with E-state index in [1.807, 2.05) is 12.1 Å². The summed E-state index contributed by atoms with van der Waals surface area (Å²) in [7, 11) is 1.61. The molecular weight excluding hydrogens is 492 g/mol. The van der Waals surface area contributed by atoms with Crippen molar-refractivity contribution in [2.75, 3.05) is 12.4 Å². The molecule has 0 heterocycles. The highest BCUT2D eigenvalue weighted by atomic mass is 79.9. The van der Waals surface area contributed by atoms with E-state index < -0.39 is 0 Å². The second-order valence-electron chi connectivity index (χ2n) is 4.19. The number of nitrogens with one attached hydrogen (secondary N) is 1. The smallest absolute Gasteiger partial charge is 0.147 e. The summed E-state index contributed by atoms with van der Waals surface area (Å²) in [4.78, 5) is 0. The van der Waals surface area contributed by atoms with Crippen molar-refractivity contribution in [2.24, 2.45) is 0 Å². The van der Waals surface area contributed by atoms with Gasteiger partial charge in [0.1, 0.15) is 11.6 Å². The van der Waals surface area contributed by atoms with Gasteiger partial charge in [-0.2, -0.15) is 0 Å². The van der Waals surface area contributed by atoms with Crippen molar-refractivity contribution < 1.29 is 9.13 Å². The molecule has 0 fully saturated rings. The maximum atomic E-state index is 13.2. The van der Waals surface area contributed by atoms with Crippen molar-refractivity contribution in [1.82, 2.24) is 0 Å². The Hall–Kier alpha value is -0.300. The molecule has 2 aromatic carbocycles. The molecule has 0 unspecified atom stereocenters. The molecule has 112 valence electrons. The molecule has 7 heteroatoms. The molecular formula is C14H10Br3ClFNO. The van der Waals surface area contributed by atoms with Crippen molar-refractivity contribution in [3.8, 4) is 5.75 Å². The third-order valence-electron chi connectivity index (χ3n) is 2.74. The van der Waals surface area contributed by atoms with Gasteiger partial charge in [-0.1, -0.05) is 11.6 Å². The average Bonchev–Trinajstić information content (AvgIpc) is 2.37. The van der Waals surface area contributed by atoms with Crippen molar-refractivity contribution in [2.45, 2.75) is 6.54 Å². The zero-order valence-electron chi connectivity index (χ0n) is 10.8. The van der Waals surface area contributed by atoms with Crippen LogP contribution in [0.3, 0.4) is 0 Å². The van der Waals surface area contributed by atoms with Crippen LogP contribution in [0.4, 0.5) is 10.1 Å². The summed E-state index contributed by atoms with van der Waals surface area (Å²) in [6, 6.07) is 6.53. The zero-order chi connectivity index (χ0) is 15.6. The van der Waals surface area contributed by atoms with Gasteiger partial charge < -0.3 is 10.1 Å². The van der Waals surface area contributed by atoms with Crippen molar-refractivity contribution in [3.05, 3.63) is 54.1 Å². The molecule has 0 aliphatic carbocycles. The molecule has 0 aliphatic heterocycles. The summed E-state index contributed by atoms with van der Waals surface area (Å²) in [5, 5.41) is 3.52. The van der Waals surface area contributed by atoms with Crippen LogP contribution in [-0.2, 0) is 6.54 Å². The van der Waals surface area contributed by atoms with Gasteiger partial charge >= 0.3 is 0 Å². The van der Waals surface area contributed by atoms with Gasteiger partial charge in [0, 0.05) is 11.0 Å². The fraction of sp³-hybridized carbons (Fsp3) is 0.143. The minimum atomic E-state index is -0.382. The van der Waals surface area contributed by atoms with Crippen LogP contribution in [0, 0.1) is 5.82 Å². The highest BCUT2D eigenvalue weighted by Crippen LogP contribution is 2.36. The van der Waals surface area contributed by atoms with Crippen LogP contribution in [0.2, 0.25) is 5.02 Å². The Labute approximate surface area is 152 Å². The third kappa shape index (κ3) is 4.12. The van der Waals surface area contributed by atoms with Gasteiger partial charge in [0.15, 0.2) is 0 Å². The van der Waals surface area contributed by atoms with E-state index in [0.717, 1.165) is 20.3 Å². The van der Waals surface area contributed by atoms with E-state index in [0.29, 0.717) is 21.7 Å². The van der Waals surface area contributed by atoms with Gasteiger partial charge in [-0.05, 0) is 77.6 Å². The van der Waals surface area contributed by atoms with Crippen LogP contribution >= 0.6 is 59.4 Å². The van der Waals surface area contributed by atoms with Crippen LogP contribution in [0.1, 0.15) is 5.56 Å². The maximum absolute atomic E-state index is 13.2. The molecule has 0 spiro atoms. The Bertz CT molecular complexity index is 635. The summed E-state index contributed by atoms with van der Waals surface area (Å²) in [6.45, 7) is 0.533. The molecule has 0 radical (unpaired) electrons. The molecule has 0 saturated heterocycles. The van der Waals surface area contributed by atoms with Crippen LogP contribution in [0.25, 0.3) is 0 Å². The monoisotopic (exact) mass is 499 g/mol. The van der Waals surface area contributed by atoms with E-state index in [4.69, 9.17) is 16.3 Å². The van der Waals surface area contributed by atoms with E-state index in [1.54, 1.807) is 7.11 Å². The van der Waals surface area contributed by atoms with E-state index in [9.17, 15) is 4.39 Å². The quantitative estimate of drug-likeness (QED) is 0.524. The number of benzene rings is 2. The maximum Gasteiger partial charge on any atom is 0.147 e. The minimum absolute atomic E-state index is 0.327. The molecule has 0 aromatic heterocycles. The van der Waals surface area contributed by atoms with E-state index >= 15 is 0 Å². The average molecular weight is 502 g/mol. The first-order valence-corrected chi connectivity index (χ1v) is 8.58. The summed E-state index contributed by atoms with van der Waals surface area (Å²) < 4.78 is 20.7. The number of hydrogen-bond acceptors (Lipinski definition) is 2. The van der Waals surface area contributed by atoms with Gasteiger partial charge in [-0.25, -0.2) is 4.39 Å². The Balaban J connectivity index is 2.21. The highest BCUT2D eigenvalue weighted by Gasteiger charge is 2.10. The van der Waals surface area contributed by atoms with Crippen LogP contribution in [0.5, 0.6) is 5.75 Å². The second-order valence-corrected chi connectivity index (χ2v) is 7.16. The van der Waals surface area contributed by atoms with Crippen LogP contribution < -0.4 is 10.1 Å². The predicted molar refractivity (Wildman–Crippen MR) is 94.8 cm³/mol. The molecule has 0 atom stereocenters. The standard InChI is InChI=1S/C14H10Br3ClFNO/c1-21-14-10(16)2-7(3-11(14)17)6-20-13-9(15)4-8(19)5-12(13)18/h2-5,20H,6H2,1H3. The van der Waals surface area contributed by atoms with Gasteiger partial charge in [0.25, 0.3) is 0 Å². The first-order valence-electron chi connectivity index (χ1n) is 5.82. The molecule has 21 heavy (non-hydrogen) atoms. The lowest BCUT2D eigenvalue weighted by atomic mass is 10.2. The van der Waals surface area contributed by atoms with Crippen LogP contribution in [0.15, 0.2) is 37.7 Å². The van der Waals surface area contributed by atoms with E-state index in [1.165, 1.54) is 12.1 Å². The van der Waals surface area contributed by atoms with Crippen molar-refractivity contribution in [3.63, 3.8) is 0 Å². The van der Waals surface area contributed by atoms with Gasteiger partial charge in [-0.3, -0.25) is 0 Å². The number of ether oxygens (including phenoxy) is 1. The largest absolute Gasteiger partial charge is 0.494 e. The Kier molecular flexibility index (Phi) is 5.94. The molecule has 2 aromatic rings. The van der Waals surface area contributed by atoms with Gasteiger partial charge in [0.2, 0.25) is 0 Å². The van der Waals surface area contributed by atoms with Crippen LogP contribution in [-0.4, -0.2) is 7.11 Å². The first-order chi connectivity index (χ1) is 9.92. The number of anilines is 1. The number of hydrogen-bond donors (Lipinski definition) is 1. The highest BCUT2D eigenvalue weighted by molar-refractivity contribution is 9.11. The number of rotatable bonds is 4. The molecule has 0 aliphatic rings. The first kappa shape index (κ1) is 17.1. The lowest BCUT2D eigenvalue weighted by molar-refractivity contribution is 0.409. The normalized spacial score (nSPS) is 10.6. The van der Waals surface area contributed by atoms with Gasteiger partial charge in [0.05, 0.1) is 26.8 Å². The van der Waals surface area contributed by atoms with E-state index in [-0.39, 0.29) is 5.82 Å². The van der Waals surface area contributed by atoms with Crippen molar-refractivity contribution >= 4 is 65.1 Å². The zero-order valence-corrected chi connectivity index (χ0v) is 16.3. The second kappa shape index (κ2) is 7.31. The summed E-state index contributed by atoms with van der Waals surface area (Å²) in [5.74, 6) is 0.354. The Morgan fingerprint density at radius 3 is 2.24 bits per heavy atom. The Morgan fingerprint density at radius 2 is 1.71 bits per heavy atom. The lowest BCUT2D eigenvalue weighted by Gasteiger charge is -2.13. The van der Waals surface area contributed by atoms with Gasteiger partial charge in [-0.15, -0.1) is 0 Å². The Morgan fingerprint density at radius 1 is 1.10 bits per heavy atom. The summed E-state index contributed by atoms with van der Waals surface area (Å²) in [6.07, 6.45) is 0. The SMILES string of the molecule is COc1c(Br)cc(CNc2c(Cl)cc(F)cc2Br)cc1Br. The van der Waals surface area contributed by atoms with Crippen molar-refractivity contribution in [1.29, 1.82) is 0 Å². The molecule has 2 nitrogen and oxygen atoms in total. The number of methoxy groups -OCH3 is 1. The van der Waals surface area contributed by atoms with E-state index in [2.05, 4.69) is 53.1 Å². The summed E-state index contributed by atoms with van der Waals surface area (Å²) in [5.41, 5.74) is 1.67. The lowest BCUT2D eigenvalue weighted by Crippen LogP contribution is -2.02.